The van der Waals surface area contributed by atoms with Crippen LogP contribution in [0.25, 0.3) is 0 Å². The number of anilines is 1. The summed E-state index contributed by atoms with van der Waals surface area (Å²) in [7, 11) is 1.92. The van der Waals surface area contributed by atoms with Crippen molar-refractivity contribution in [1.82, 2.24) is 5.32 Å². The number of rotatable bonds is 2. The van der Waals surface area contributed by atoms with E-state index in [9.17, 15) is 13.2 Å². The van der Waals surface area contributed by atoms with Gasteiger partial charge in [0.25, 0.3) is 0 Å². The van der Waals surface area contributed by atoms with Crippen molar-refractivity contribution in [2.75, 3.05) is 25.0 Å². The molecule has 2 rings (SSSR count). The fourth-order valence-corrected chi connectivity index (χ4v) is 2.84. The molecule has 1 aliphatic heterocycles. The number of benzene rings is 1. The molecule has 0 unspecified atom stereocenters. The molecule has 0 aromatic heterocycles. The summed E-state index contributed by atoms with van der Waals surface area (Å²) in [5, 5.41) is 3.21. The Morgan fingerprint density at radius 3 is 2.42 bits per heavy atom. The van der Waals surface area contributed by atoms with Gasteiger partial charge in [-0.15, -0.1) is 0 Å². The molecule has 1 aliphatic rings. The summed E-state index contributed by atoms with van der Waals surface area (Å²) in [6, 6.07) is 4.26. The van der Waals surface area contributed by atoms with Crippen LogP contribution in [0.4, 0.5) is 18.9 Å². The number of nitrogens with one attached hydrogen (secondary N) is 1. The molecule has 1 heterocycles. The number of hydrogen-bond donors (Lipinski definition) is 1. The van der Waals surface area contributed by atoms with E-state index in [-0.39, 0.29) is 0 Å². The van der Waals surface area contributed by atoms with Crippen LogP contribution < -0.4 is 10.2 Å². The molecule has 0 amide bonds. The molecule has 6 heteroatoms. The topological polar surface area (TPSA) is 15.3 Å². The van der Waals surface area contributed by atoms with Crippen LogP contribution in [0.1, 0.15) is 18.4 Å². The predicted molar refractivity (Wildman–Crippen MR) is 73.4 cm³/mol. The van der Waals surface area contributed by atoms with Crippen LogP contribution in [0, 0.1) is 0 Å². The molecule has 1 aromatic carbocycles. The van der Waals surface area contributed by atoms with Crippen LogP contribution in [-0.4, -0.2) is 26.2 Å². The molecule has 0 aliphatic carbocycles. The minimum absolute atomic E-state index is 0.459. The molecule has 1 saturated heterocycles. The molecular weight excluding hydrogens is 321 g/mol. The molecule has 0 saturated carbocycles. The second-order valence-electron chi connectivity index (χ2n) is 4.71. The Kier molecular flexibility index (Phi) is 4.40. The Labute approximate surface area is 119 Å². The molecule has 1 fully saturated rings. The van der Waals surface area contributed by atoms with Crippen molar-refractivity contribution in [1.29, 1.82) is 0 Å². The number of piperidine rings is 1. The van der Waals surface area contributed by atoms with Gasteiger partial charge in [-0.25, -0.2) is 0 Å². The monoisotopic (exact) mass is 336 g/mol. The Morgan fingerprint density at radius 1 is 1.26 bits per heavy atom. The first-order chi connectivity index (χ1) is 8.91. The minimum atomic E-state index is -4.29. The van der Waals surface area contributed by atoms with E-state index in [4.69, 9.17) is 0 Å². The highest BCUT2D eigenvalue weighted by Crippen LogP contribution is 2.36. The predicted octanol–water partition coefficient (Wildman–Crippen LogP) is 3.66. The molecule has 1 aromatic rings. The van der Waals surface area contributed by atoms with Crippen molar-refractivity contribution in [3.05, 3.63) is 28.2 Å². The molecule has 0 radical (unpaired) electrons. The van der Waals surface area contributed by atoms with E-state index in [1.54, 1.807) is 0 Å². The number of hydrogen-bond acceptors (Lipinski definition) is 2. The first-order valence-corrected chi connectivity index (χ1v) is 7.00. The molecule has 0 spiro atoms. The first kappa shape index (κ1) is 14.7. The summed E-state index contributed by atoms with van der Waals surface area (Å²) in [5.41, 5.74) is 0.0332. The lowest BCUT2D eigenvalue weighted by Gasteiger charge is -2.34. The van der Waals surface area contributed by atoms with Crippen molar-refractivity contribution in [2.24, 2.45) is 0 Å². The van der Waals surface area contributed by atoms with Gasteiger partial charge >= 0.3 is 6.18 Å². The summed E-state index contributed by atoms with van der Waals surface area (Å²) in [6.45, 7) is 1.54. The van der Waals surface area contributed by atoms with Gasteiger partial charge in [0.2, 0.25) is 0 Å². The highest BCUT2D eigenvalue weighted by molar-refractivity contribution is 9.10. The molecular formula is C13H16BrF3N2. The fraction of sp³-hybridized carbons (Fsp3) is 0.538. The van der Waals surface area contributed by atoms with Crippen LogP contribution in [0.15, 0.2) is 22.7 Å². The largest absolute Gasteiger partial charge is 0.416 e. The lowest BCUT2D eigenvalue weighted by molar-refractivity contribution is -0.137. The van der Waals surface area contributed by atoms with E-state index in [0.29, 0.717) is 16.2 Å². The van der Waals surface area contributed by atoms with Gasteiger partial charge in [-0.2, -0.15) is 13.2 Å². The van der Waals surface area contributed by atoms with E-state index in [0.717, 1.165) is 32.0 Å². The first-order valence-electron chi connectivity index (χ1n) is 6.21. The maximum absolute atomic E-state index is 12.7. The van der Waals surface area contributed by atoms with Crippen molar-refractivity contribution < 1.29 is 13.2 Å². The van der Waals surface area contributed by atoms with Gasteiger partial charge in [0.15, 0.2) is 0 Å². The second kappa shape index (κ2) is 5.71. The molecule has 106 valence electrons. The zero-order chi connectivity index (χ0) is 14.0. The third-order valence-corrected chi connectivity index (χ3v) is 4.19. The van der Waals surface area contributed by atoms with Crippen LogP contribution in [-0.2, 0) is 6.18 Å². The second-order valence-corrected chi connectivity index (χ2v) is 5.57. The maximum atomic E-state index is 12.7. The van der Waals surface area contributed by atoms with Crippen molar-refractivity contribution in [3.8, 4) is 0 Å². The van der Waals surface area contributed by atoms with Gasteiger partial charge in [-0.3, -0.25) is 0 Å². The van der Waals surface area contributed by atoms with Crippen LogP contribution in [0.2, 0.25) is 0 Å². The Balaban J connectivity index is 2.20. The number of nitrogens with zero attached hydrogens (tertiary/aromatic N) is 1. The molecule has 2 nitrogen and oxygen atoms in total. The molecule has 19 heavy (non-hydrogen) atoms. The van der Waals surface area contributed by atoms with Crippen LogP contribution in [0.3, 0.4) is 0 Å². The lowest BCUT2D eigenvalue weighted by atomic mass is 10.0. The van der Waals surface area contributed by atoms with Crippen molar-refractivity contribution in [2.45, 2.75) is 25.1 Å². The zero-order valence-electron chi connectivity index (χ0n) is 10.6. The highest BCUT2D eigenvalue weighted by atomic mass is 79.9. The fourth-order valence-electron chi connectivity index (χ4n) is 2.34. The Bertz CT molecular complexity index is 440. The van der Waals surface area contributed by atoms with E-state index in [2.05, 4.69) is 21.2 Å². The van der Waals surface area contributed by atoms with Gasteiger partial charge in [-0.05, 0) is 54.0 Å². The summed E-state index contributed by atoms with van der Waals surface area (Å²) in [5.74, 6) is 0. The van der Waals surface area contributed by atoms with Gasteiger partial charge in [-0.1, -0.05) is 0 Å². The number of halogens is 4. The van der Waals surface area contributed by atoms with Crippen molar-refractivity contribution >= 4 is 21.6 Å². The zero-order valence-corrected chi connectivity index (χ0v) is 12.2. The SMILES string of the molecule is CNC1CCN(c2cc(C(F)(F)F)ccc2Br)CC1. The molecule has 0 bridgehead atoms. The lowest BCUT2D eigenvalue weighted by Crippen LogP contribution is -2.41. The van der Waals surface area contributed by atoms with Crippen molar-refractivity contribution in [3.63, 3.8) is 0 Å². The van der Waals surface area contributed by atoms with Gasteiger partial charge < -0.3 is 10.2 Å². The third-order valence-electron chi connectivity index (χ3n) is 3.52. The van der Waals surface area contributed by atoms with E-state index >= 15 is 0 Å². The smallest absolute Gasteiger partial charge is 0.370 e. The van der Waals surface area contributed by atoms with E-state index < -0.39 is 11.7 Å². The maximum Gasteiger partial charge on any atom is 0.416 e. The van der Waals surface area contributed by atoms with Gasteiger partial charge in [0, 0.05) is 23.6 Å². The van der Waals surface area contributed by atoms with E-state index in [1.165, 1.54) is 12.1 Å². The standard InChI is InChI=1S/C13H16BrF3N2/c1-18-10-4-6-19(7-5-10)12-8-9(13(15,16)17)2-3-11(12)14/h2-3,8,10,18H,4-7H2,1H3. The summed E-state index contributed by atoms with van der Waals surface area (Å²) >= 11 is 3.34. The number of alkyl halides is 3. The normalized spacial score (nSPS) is 17.8. The summed E-state index contributed by atoms with van der Waals surface area (Å²) in [6.07, 6.45) is -2.41. The highest BCUT2D eigenvalue weighted by Gasteiger charge is 2.31. The minimum Gasteiger partial charge on any atom is -0.370 e. The Morgan fingerprint density at radius 2 is 1.89 bits per heavy atom. The van der Waals surface area contributed by atoms with Crippen LogP contribution in [0.5, 0.6) is 0 Å². The van der Waals surface area contributed by atoms with Gasteiger partial charge in [0.1, 0.15) is 0 Å². The Hall–Kier alpha value is -0.750. The van der Waals surface area contributed by atoms with E-state index in [1.807, 2.05) is 11.9 Å². The average Bonchev–Trinajstić information content (AvgIpc) is 2.38. The summed E-state index contributed by atoms with van der Waals surface area (Å²) in [4.78, 5) is 2.01. The molecule has 1 N–H and O–H groups in total. The summed E-state index contributed by atoms with van der Waals surface area (Å²) < 4.78 is 38.9. The third kappa shape index (κ3) is 3.42. The van der Waals surface area contributed by atoms with Gasteiger partial charge in [0.05, 0.1) is 11.3 Å². The quantitative estimate of drug-likeness (QED) is 0.886. The van der Waals surface area contributed by atoms with Crippen LogP contribution >= 0.6 is 15.9 Å². The molecule has 0 atom stereocenters. The average molecular weight is 337 g/mol.